The molecule has 0 spiro atoms. The highest BCUT2D eigenvalue weighted by atomic mass is 16.5. The highest BCUT2D eigenvalue weighted by Gasteiger charge is 2.10. The van der Waals surface area contributed by atoms with Gasteiger partial charge in [-0.3, -0.25) is 0 Å². The van der Waals surface area contributed by atoms with Gasteiger partial charge in [-0.25, -0.2) is 0 Å². The van der Waals surface area contributed by atoms with E-state index in [0.29, 0.717) is 0 Å². The molecule has 0 atom stereocenters. The quantitative estimate of drug-likeness (QED) is 0.638. The molecule has 2 heteroatoms. The van der Waals surface area contributed by atoms with Crippen molar-refractivity contribution in [3.8, 4) is 17.6 Å². The molecule has 0 bridgehead atoms. The fourth-order valence-electron chi connectivity index (χ4n) is 1.31. The van der Waals surface area contributed by atoms with Crippen molar-refractivity contribution in [2.75, 3.05) is 13.6 Å². The SMILES string of the molecule is CNCCC#Cc1ccc(OC(C)(C)C)cc1. The summed E-state index contributed by atoms with van der Waals surface area (Å²) < 4.78 is 5.74. The van der Waals surface area contributed by atoms with Crippen LogP contribution in [0.1, 0.15) is 32.8 Å². The predicted molar refractivity (Wildman–Crippen MR) is 72.2 cm³/mol. The molecule has 0 aliphatic heterocycles. The summed E-state index contributed by atoms with van der Waals surface area (Å²) in [6, 6.07) is 7.92. The van der Waals surface area contributed by atoms with Gasteiger partial charge in [0.25, 0.3) is 0 Å². The molecule has 1 rings (SSSR count). The van der Waals surface area contributed by atoms with Crippen molar-refractivity contribution in [2.45, 2.75) is 32.8 Å². The summed E-state index contributed by atoms with van der Waals surface area (Å²) in [5.74, 6) is 7.13. The highest BCUT2D eigenvalue weighted by Crippen LogP contribution is 2.18. The fraction of sp³-hybridized carbons (Fsp3) is 0.467. The van der Waals surface area contributed by atoms with E-state index in [1.165, 1.54) is 0 Å². The Kier molecular flexibility index (Phi) is 5.06. The van der Waals surface area contributed by atoms with Crippen molar-refractivity contribution in [1.82, 2.24) is 5.32 Å². The van der Waals surface area contributed by atoms with Gasteiger partial charge in [0, 0.05) is 18.5 Å². The lowest BCUT2D eigenvalue weighted by molar-refractivity contribution is 0.131. The maximum atomic E-state index is 5.74. The van der Waals surface area contributed by atoms with Crippen LogP contribution in [0, 0.1) is 11.8 Å². The summed E-state index contributed by atoms with van der Waals surface area (Å²) in [6.45, 7) is 7.05. The Labute approximate surface area is 104 Å². The van der Waals surface area contributed by atoms with E-state index >= 15 is 0 Å². The lowest BCUT2D eigenvalue weighted by Crippen LogP contribution is -2.22. The molecular weight excluding hydrogens is 210 g/mol. The first-order valence-corrected chi connectivity index (χ1v) is 5.94. The zero-order valence-corrected chi connectivity index (χ0v) is 11.1. The Bertz CT molecular complexity index is 390. The van der Waals surface area contributed by atoms with Crippen molar-refractivity contribution < 1.29 is 4.74 Å². The van der Waals surface area contributed by atoms with Crippen molar-refractivity contribution in [2.24, 2.45) is 0 Å². The molecule has 17 heavy (non-hydrogen) atoms. The molecule has 2 nitrogen and oxygen atoms in total. The Hall–Kier alpha value is -1.46. The van der Waals surface area contributed by atoms with Gasteiger partial charge in [-0.1, -0.05) is 11.8 Å². The summed E-state index contributed by atoms with van der Waals surface area (Å²) in [5.41, 5.74) is 0.877. The molecule has 0 amide bonds. The van der Waals surface area contributed by atoms with Gasteiger partial charge >= 0.3 is 0 Å². The summed E-state index contributed by atoms with van der Waals surface area (Å²) in [6.07, 6.45) is 0.872. The maximum Gasteiger partial charge on any atom is 0.120 e. The van der Waals surface area contributed by atoms with E-state index in [2.05, 4.69) is 17.2 Å². The molecule has 1 aromatic rings. The van der Waals surface area contributed by atoms with Gasteiger partial charge in [0.05, 0.1) is 0 Å². The van der Waals surface area contributed by atoms with Crippen LogP contribution in [0.15, 0.2) is 24.3 Å². The average Bonchev–Trinajstić information content (AvgIpc) is 2.25. The molecule has 1 N–H and O–H groups in total. The van der Waals surface area contributed by atoms with E-state index in [1.807, 2.05) is 52.1 Å². The molecule has 0 fully saturated rings. The van der Waals surface area contributed by atoms with Crippen LogP contribution in [0.2, 0.25) is 0 Å². The topological polar surface area (TPSA) is 21.3 Å². The van der Waals surface area contributed by atoms with Crippen molar-refractivity contribution in [3.63, 3.8) is 0 Å². The lowest BCUT2D eigenvalue weighted by atomic mass is 10.1. The molecule has 0 unspecified atom stereocenters. The Balaban J connectivity index is 2.58. The van der Waals surface area contributed by atoms with Gasteiger partial charge in [0.1, 0.15) is 11.4 Å². The van der Waals surface area contributed by atoms with E-state index in [1.54, 1.807) is 0 Å². The van der Waals surface area contributed by atoms with Crippen LogP contribution in [0.25, 0.3) is 0 Å². The molecule has 0 aliphatic carbocycles. The zero-order chi connectivity index (χ0) is 12.7. The van der Waals surface area contributed by atoms with E-state index in [-0.39, 0.29) is 5.60 Å². The summed E-state index contributed by atoms with van der Waals surface area (Å²) in [5, 5.41) is 3.07. The van der Waals surface area contributed by atoms with E-state index in [0.717, 1.165) is 24.3 Å². The minimum Gasteiger partial charge on any atom is -0.488 e. The van der Waals surface area contributed by atoms with E-state index in [4.69, 9.17) is 4.74 Å². The monoisotopic (exact) mass is 231 g/mol. The third-order valence-corrected chi connectivity index (χ3v) is 2.01. The molecule has 0 saturated carbocycles. The number of benzene rings is 1. The smallest absolute Gasteiger partial charge is 0.120 e. The largest absolute Gasteiger partial charge is 0.488 e. The van der Waals surface area contributed by atoms with Crippen molar-refractivity contribution in [3.05, 3.63) is 29.8 Å². The molecular formula is C15H21NO. The van der Waals surface area contributed by atoms with E-state index in [9.17, 15) is 0 Å². The van der Waals surface area contributed by atoms with Crippen LogP contribution in [-0.4, -0.2) is 19.2 Å². The number of hydrogen-bond acceptors (Lipinski definition) is 2. The lowest BCUT2D eigenvalue weighted by Gasteiger charge is -2.21. The van der Waals surface area contributed by atoms with Crippen molar-refractivity contribution >= 4 is 0 Å². The third kappa shape index (κ3) is 5.99. The summed E-state index contributed by atoms with van der Waals surface area (Å²) >= 11 is 0. The Morgan fingerprint density at radius 1 is 1.18 bits per heavy atom. The van der Waals surface area contributed by atoms with Gasteiger partial charge in [0.2, 0.25) is 0 Å². The van der Waals surface area contributed by atoms with Crippen LogP contribution in [0.4, 0.5) is 0 Å². The number of ether oxygens (including phenoxy) is 1. The average molecular weight is 231 g/mol. The predicted octanol–water partition coefficient (Wildman–Crippen LogP) is 2.82. The van der Waals surface area contributed by atoms with Gasteiger partial charge in [0.15, 0.2) is 0 Å². The Morgan fingerprint density at radius 3 is 2.35 bits per heavy atom. The minimum atomic E-state index is -0.153. The third-order valence-electron chi connectivity index (χ3n) is 2.01. The Morgan fingerprint density at radius 2 is 1.82 bits per heavy atom. The van der Waals surface area contributed by atoms with Gasteiger partial charge in [-0.2, -0.15) is 0 Å². The van der Waals surface area contributed by atoms with Crippen molar-refractivity contribution in [1.29, 1.82) is 0 Å². The molecule has 0 heterocycles. The first-order chi connectivity index (χ1) is 8.01. The first-order valence-electron chi connectivity index (χ1n) is 5.94. The fourth-order valence-corrected chi connectivity index (χ4v) is 1.31. The second-order valence-corrected chi connectivity index (χ2v) is 4.89. The maximum absolute atomic E-state index is 5.74. The van der Waals surface area contributed by atoms with Crippen LogP contribution in [0.5, 0.6) is 5.75 Å². The van der Waals surface area contributed by atoms with Crippen LogP contribution >= 0.6 is 0 Å². The first kappa shape index (κ1) is 13.6. The number of hydrogen-bond donors (Lipinski definition) is 1. The van der Waals surface area contributed by atoms with Gasteiger partial charge in [-0.05, 0) is 52.1 Å². The standard InChI is InChI=1S/C15H21NO/c1-15(2,3)17-14-10-8-13(9-11-14)7-5-6-12-16-4/h8-11,16H,6,12H2,1-4H3. The second kappa shape index (κ2) is 6.32. The number of nitrogens with one attached hydrogen (secondary N) is 1. The molecule has 0 radical (unpaired) electrons. The van der Waals surface area contributed by atoms with Crippen LogP contribution in [0.3, 0.4) is 0 Å². The normalized spacial score (nSPS) is 10.6. The highest BCUT2D eigenvalue weighted by molar-refractivity contribution is 5.38. The summed E-state index contributed by atoms with van der Waals surface area (Å²) in [4.78, 5) is 0. The second-order valence-electron chi connectivity index (χ2n) is 4.89. The van der Waals surface area contributed by atoms with Crippen LogP contribution in [-0.2, 0) is 0 Å². The van der Waals surface area contributed by atoms with Gasteiger partial charge < -0.3 is 10.1 Å². The van der Waals surface area contributed by atoms with Crippen LogP contribution < -0.4 is 10.1 Å². The molecule has 0 aromatic heterocycles. The van der Waals surface area contributed by atoms with E-state index < -0.39 is 0 Å². The minimum absolute atomic E-state index is 0.153. The molecule has 0 saturated heterocycles. The summed E-state index contributed by atoms with van der Waals surface area (Å²) in [7, 11) is 1.93. The van der Waals surface area contributed by atoms with Gasteiger partial charge in [-0.15, -0.1) is 0 Å². The molecule has 92 valence electrons. The number of rotatable bonds is 3. The zero-order valence-electron chi connectivity index (χ0n) is 11.1. The molecule has 1 aromatic carbocycles. The molecule has 0 aliphatic rings.